The second-order valence-electron chi connectivity index (χ2n) is 5.43. The fourth-order valence-corrected chi connectivity index (χ4v) is 4.56. The molecule has 3 rings (SSSR count). The van der Waals surface area contributed by atoms with E-state index in [0.29, 0.717) is 24.2 Å². The van der Waals surface area contributed by atoms with Gasteiger partial charge in [0.2, 0.25) is 5.91 Å². The van der Waals surface area contributed by atoms with E-state index in [4.69, 9.17) is 5.73 Å². The molecule has 3 aromatic heterocycles. The van der Waals surface area contributed by atoms with Crippen LogP contribution in [0.15, 0.2) is 40.0 Å². The third-order valence-electron chi connectivity index (χ3n) is 3.39. The summed E-state index contributed by atoms with van der Waals surface area (Å²) in [6.07, 6.45) is 0.884. The number of thiophene rings is 2. The van der Waals surface area contributed by atoms with Gasteiger partial charge in [-0.3, -0.25) is 9.79 Å². The number of aromatic nitrogens is 1. The number of carbonyl (C=O) groups excluding carboxylic acids is 1. The van der Waals surface area contributed by atoms with Gasteiger partial charge in [-0.05, 0) is 23.6 Å². The number of nitrogens with two attached hydrogens (primary N) is 1. The number of carbonyl (C=O) groups is 1. The molecule has 0 fully saturated rings. The lowest BCUT2D eigenvalue weighted by molar-refractivity contribution is -0.119. The highest BCUT2D eigenvalue weighted by Gasteiger charge is 2.08. The van der Waals surface area contributed by atoms with Crippen molar-refractivity contribution in [3.8, 4) is 10.6 Å². The molecule has 0 bridgehead atoms. The maximum atomic E-state index is 11.0. The zero-order valence-corrected chi connectivity index (χ0v) is 16.6. The van der Waals surface area contributed by atoms with Gasteiger partial charge in [-0.15, -0.1) is 34.0 Å². The Morgan fingerprint density at radius 3 is 2.92 bits per heavy atom. The Labute approximate surface area is 163 Å². The van der Waals surface area contributed by atoms with Crippen molar-refractivity contribution in [2.45, 2.75) is 19.9 Å². The lowest BCUT2D eigenvalue weighted by Crippen LogP contribution is -2.22. The number of anilines is 1. The molecule has 3 heterocycles. The van der Waals surface area contributed by atoms with Crippen molar-refractivity contribution in [2.75, 3.05) is 11.9 Å². The summed E-state index contributed by atoms with van der Waals surface area (Å²) in [5, 5.41) is 10.6. The molecule has 26 heavy (non-hydrogen) atoms. The number of amides is 1. The van der Waals surface area contributed by atoms with E-state index in [0.717, 1.165) is 21.9 Å². The monoisotopic (exact) mass is 405 g/mol. The SMILES string of the molecule is CC(=O)NCc1ccc(-c2csc(NC(N)=NCCc3cccs3)n2)s1. The summed E-state index contributed by atoms with van der Waals surface area (Å²) in [5.74, 6) is 0.342. The van der Waals surface area contributed by atoms with E-state index in [1.165, 1.54) is 23.1 Å². The fraction of sp³-hybridized carbons (Fsp3) is 0.235. The molecule has 0 aromatic carbocycles. The van der Waals surface area contributed by atoms with Gasteiger partial charge in [0.15, 0.2) is 11.1 Å². The predicted molar refractivity (Wildman–Crippen MR) is 111 cm³/mol. The first-order valence-electron chi connectivity index (χ1n) is 7.98. The zero-order valence-electron chi connectivity index (χ0n) is 14.2. The first-order chi connectivity index (χ1) is 12.6. The minimum absolute atomic E-state index is 0.0334. The van der Waals surface area contributed by atoms with Crippen molar-refractivity contribution >= 4 is 51.0 Å². The van der Waals surface area contributed by atoms with Gasteiger partial charge in [-0.2, -0.15) is 0 Å². The summed E-state index contributed by atoms with van der Waals surface area (Å²) in [4.78, 5) is 23.3. The highest BCUT2D eigenvalue weighted by atomic mass is 32.1. The van der Waals surface area contributed by atoms with Crippen LogP contribution in [0, 0.1) is 0 Å². The summed E-state index contributed by atoms with van der Waals surface area (Å²) >= 11 is 4.82. The Hall–Kier alpha value is -2.23. The largest absolute Gasteiger partial charge is 0.370 e. The molecule has 0 radical (unpaired) electrons. The van der Waals surface area contributed by atoms with E-state index in [9.17, 15) is 4.79 Å². The number of guanidine groups is 1. The number of rotatable bonds is 7. The quantitative estimate of drug-likeness (QED) is 0.414. The van der Waals surface area contributed by atoms with Gasteiger partial charge in [0.25, 0.3) is 0 Å². The first kappa shape index (κ1) is 18.6. The molecule has 0 aliphatic heterocycles. The van der Waals surface area contributed by atoms with Crippen LogP contribution in [0.1, 0.15) is 16.7 Å². The summed E-state index contributed by atoms with van der Waals surface area (Å²) in [5.41, 5.74) is 6.83. The number of thiazole rings is 1. The maximum Gasteiger partial charge on any atom is 0.217 e. The molecule has 0 spiro atoms. The summed E-state index contributed by atoms with van der Waals surface area (Å²) in [6, 6.07) is 8.15. The second kappa shape index (κ2) is 8.93. The van der Waals surface area contributed by atoms with Gasteiger partial charge in [-0.1, -0.05) is 6.07 Å². The smallest absolute Gasteiger partial charge is 0.217 e. The van der Waals surface area contributed by atoms with Crippen LogP contribution in [0.4, 0.5) is 5.13 Å². The molecule has 3 aromatic rings. The highest BCUT2D eigenvalue weighted by Crippen LogP contribution is 2.30. The topological polar surface area (TPSA) is 92.4 Å². The van der Waals surface area contributed by atoms with Crippen LogP contribution in [0.2, 0.25) is 0 Å². The normalized spacial score (nSPS) is 11.5. The average Bonchev–Trinajstić information content (AvgIpc) is 3.34. The third kappa shape index (κ3) is 5.38. The van der Waals surface area contributed by atoms with E-state index in [-0.39, 0.29) is 5.91 Å². The van der Waals surface area contributed by atoms with Crippen molar-refractivity contribution in [1.29, 1.82) is 0 Å². The summed E-state index contributed by atoms with van der Waals surface area (Å²) in [6.45, 7) is 2.70. The molecule has 0 unspecified atom stereocenters. The molecular formula is C17H19N5OS3. The fourth-order valence-electron chi connectivity index (χ4n) is 2.16. The highest BCUT2D eigenvalue weighted by molar-refractivity contribution is 7.17. The van der Waals surface area contributed by atoms with Crippen LogP contribution in [0.25, 0.3) is 10.6 Å². The van der Waals surface area contributed by atoms with E-state index in [1.807, 2.05) is 23.6 Å². The van der Waals surface area contributed by atoms with E-state index < -0.39 is 0 Å². The predicted octanol–water partition coefficient (Wildman–Crippen LogP) is 3.54. The molecule has 0 saturated carbocycles. The third-order valence-corrected chi connectivity index (χ3v) is 6.19. The molecule has 6 nitrogen and oxygen atoms in total. The van der Waals surface area contributed by atoms with Crippen LogP contribution < -0.4 is 16.4 Å². The Bertz CT molecular complexity index is 882. The molecular weight excluding hydrogens is 386 g/mol. The minimum atomic E-state index is -0.0334. The van der Waals surface area contributed by atoms with Gasteiger partial charge < -0.3 is 16.4 Å². The number of aliphatic imine (C=N–C) groups is 1. The van der Waals surface area contributed by atoms with Crippen LogP contribution in [-0.4, -0.2) is 23.4 Å². The Balaban J connectivity index is 1.54. The van der Waals surface area contributed by atoms with Crippen molar-refractivity contribution in [1.82, 2.24) is 10.3 Å². The molecule has 4 N–H and O–H groups in total. The van der Waals surface area contributed by atoms with E-state index in [1.54, 1.807) is 22.7 Å². The van der Waals surface area contributed by atoms with Crippen molar-refractivity contribution in [3.05, 3.63) is 44.8 Å². The zero-order chi connectivity index (χ0) is 18.4. The molecule has 0 atom stereocenters. The first-order valence-corrected chi connectivity index (χ1v) is 10.6. The molecule has 0 aliphatic rings. The van der Waals surface area contributed by atoms with Gasteiger partial charge in [-0.25, -0.2) is 4.98 Å². The van der Waals surface area contributed by atoms with Gasteiger partial charge in [0, 0.05) is 35.0 Å². The Kier molecular flexibility index (Phi) is 6.37. The van der Waals surface area contributed by atoms with Crippen molar-refractivity contribution < 1.29 is 4.79 Å². The lowest BCUT2D eigenvalue weighted by Gasteiger charge is -2.01. The number of hydrogen-bond donors (Lipinski definition) is 3. The number of hydrogen-bond acceptors (Lipinski definition) is 6. The van der Waals surface area contributed by atoms with Gasteiger partial charge >= 0.3 is 0 Å². The Morgan fingerprint density at radius 1 is 1.27 bits per heavy atom. The summed E-state index contributed by atoms with van der Waals surface area (Å²) < 4.78 is 0. The van der Waals surface area contributed by atoms with Crippen LogP contribution in [-0.2, 0) is 17.8 Å². The van der Waals surface area contributed by atoms with Crippen molar-refractivity contribution in [3.63, 3.8) is 0 Å². The number of nitrogens with zero attached hydrogens (tertiary/aromatic N) is 2. The number of nitrogens with one attached hydrogen (secondary N) is 2. The minimum Gasteiger partial charge on any atom is -0.370 e. The van der Waals surface area contributed by atoms with E-state index in [2.05, 4.69) is 32.1 Å². The van der Waals surface area contributed by atoms with Gasteiger partial charge in [0.1, 0.15) is 0 Å². The van der Waals surface area contributed by atoms with Crippen molar-refractivity contribution in [2.24, 2.45) is 10.7 Å². The standard InChI is InChI=1S/C17H19N5OS3/c1-11(23)20-9-13-4-5-15(26-13)14-10-25-17(21-14)22-16(18)19-7-6-12-3-2-8-24-12/h2-5,8,10H,6-7,9H2,1H3,(H,20,23)(H3,18,19,21,22). The van der Waals surface area contributed by atoms with Crippen LogP contribution in [0.5, 0.6) is 0 Å². The molecule has 9 heteroatoms. The van der Waals surface area contributed by atoms with Crippen LogP contribution in [0.3, 0.4) is 0 Å². The summed E-state index contributed by atoms with van der Waals surface area (Å²) in [7, 11) is 0. The van der Waals surface area contributed by atoms with Gasteiger partial charge in [0.05, 0.1) is 17.1 Å². The van der Waals surface area contributed by atoms with E-state index >= 15 is 0 Å². The molecule has 0 aliphatic carbocycles. The second-order valence-corrected chi connectivity index (χ2v) is 8.49. The molecule has 136 valence electrons. The van der Waals surface area contributed by atoms with Crippen LogP contribution >= 0.6 is 34.0 Å². The maximum absolute atomic E-state index is 11.0. The molecule has 1 amide bonds. The lowest BCUT2D eigenvalue weighted by atomic mass is 10.3. The molecule has 0 saturated heterocycles. The Morgan fingerprint density at radius 2 is 2.15 bits per heavy atom. The average molecular weight is 406 g/mol.